The predicted molar refractivity (Wildman–Crippen MR) is 45.4 cm³/mol. The highest BCUT2D eigenvalue weighted by molar-refractivity contribution is 5.76. The fourth-order valence-electron chi connectivity index (χ4n) is 1.47. The summed E-state index contributed by atoms with van der Waals surface area (Å²) in [5, 5.41) is 0. The minimum Gasteiger partial charge on any atom is -0.294 e. The molecule has 1 fully saturated rings. The van der Waals surface area contributed by atoms with Gasteiger partial charge in [0.15, 0.2) is 0 Å². The molecule has 0 aromatic carbocycles. The maximum atomic E-state index is 11.0. The van der Waals surface area contributed by atoms with Crippen LogP contribution in [-0.4, -0.2) is 37.6 Å². The number of amides is 1. The Morgan fingerprint density at radius 2 is 2.08 bits per heavy atom. The first-order valence-corrected chi connectivity index (χ1v) is 4.37. The molecule has 12 heavy (non-hydrogen) atoms. The molecule has 0 unspecified atom stereocenters. The summed E-state index contributed by atoms with van der Waals surface area (Å²) in [6.07, 6.45) is 3.71. The third-order valence-corrected chi connectivity index (χ3v) is 2.03. The molecule has 0 aliphatic carbocycles. The SMILES string of the molecule is CONC(=O)CN1CCCCC1. The Morgan fingerprint density at radius 3 is 2.67 bits per heavy atom. The summed E-state index contributed by atoms with van der Waals surface area (Å²) in [6.45, 7) is 2.54. The summed E-state index contributed by atoms with van der Waals surface area (Å²) < 4.78 is 0. The van der Waals surface area contributed by atoms with Crippen LogP contribution in [0.25, 0.3) is 0 Å². The van der Waals surface area contributed by atoms with E-state index >= 15 is 0 Å². The maximum Gasteiger partial charge on any atom is 0.257 e. The standard InChI is InChI=1S/C8H16N2O2/c1-12-9-8(11)7-10-5-3-2-4-6-10/h2-7H2,1H3,(H,9,11). The second-order valence-corrected chi connectivity index (χ2v) is 3.07. The van der Waals surface area contributed by atoms with E-state index < -0.39 is 0 Å². The number of carbonyl (C=O) groups is 1. The van der Waals surface area contributed by atoms with Crippen molar-refractivity contribution in [2.24, 2.45) is 0 Å². The van der Waals surface area contributed by atoms with Gasteiger partial charge in [-0.2, -0.15) is 0 Å². The van der Waals surface area contributed by atoms with Gasteiger partial charge in [0.1, 0.15) is 0 Å². The van der Waals surface area contributed by atoms with Crippen LogP contribution in [0.5, 0.6) is 0 Å². The quantitative estimate of drug-likeness (QED) is 0.616. The van der Waals surface area contributed by atoms with Gasteiger partial charge in [-0.05, 0) is 25.9 Å². The van der Waals surface area contributed by atoms with Gasteiger partial charge in [0.05, 0.1) is 13.7 Å². The van der Waals surface area contributed by atoms with E-state index in [-0.39, 0.29) is 5.91 Å². The average molecular weight is 172 g/mol. The van der Waals surface area contributed by atoms with Crippen molar-refractivity contribution >= 4 is 5.91 Å². The van der Waals surface area contributed by atoms with E-state index in [1.54, 1.807) is 0 Å². The van der Waals surface area contributed by atoms with Crippen molar-refractivity contribution in [2.45, 2.75) is 19.3 Å². The molecule has 1 aliphatic rings. The van der Waals surface area contributed by atoms with Crippen molar-refractivity contribution in [2.75, 3.05) is 26.7 Å². The van der Waals surface area contributed by atoms with Crippen molar-refractivity contribution in [3.8, 4) is 0 Å². The highest BCUT2D eigenvalue weighted by Crippen LogP contribution is 2.07. The molecular weight excluding hydrogens is 156 g/mol. The van der Waals surface area contributed by atoms with Gasteiger partial charge < -0.3 is 0 Å². The van der Waals surface area contributed by atoms with Gasteiger partial charge in [0.2, 0.25) is 0 Å². The summed E-state index contributed by atoms with van der Waals surface area (Å²) in [5.41, 5.74) is 2.31. The lowest BCUT2D eigenvalue weighted by molar-refractivity contribution is -0.132. The summed E-state index contributed by atoms with van der Waals surface area (Å²) in [5.74, 6) is -0.0561. The van der Waals surface area contributed by atoms with Crippen molar-refractivity contribution in [3.05, 3.63) is 0 Å². The second kappa shape index (κ2) is 5.11. The number of hydrogen-bond acceptors (Lipinski definition) is 3. The summed E-state index contributed by atoms with van der Waals surface area (Å²) >= 11 is 0. The van der Waals surface area contributed by atoms with E-state index in [0.717, 1.165) is 13.1 Å². The normalized spacial score (nSPS) is 19.1. The largest absolute Gasteiger partial charge is 0.294 e. The van der Waals surface area contributed by atoms with Gasteiger partial charge >= 0.3 is 0 Å². The molecule has 0 aromatic heterocycles. The lowest BCUT2D eigenvalue weighted by Gasteiger charge is -2.25. The Kier molecular flexibility index (Phi) is 4.04. The van der Waals surface area contributed by atoms with Crippen molar-refractivity contribution < 1.29 is 9.63 Å². The lowest BCUT2D eigenvalue weighted by atomic mass is 10.1. The Hall–Kier alpha value is -0.610. The molecular formula is C8H16N2O2. The second-order valence-electron chi connectivity index (χ2n) is 3.07. The highest BCUT2D eigenvalue weighted by atomic mass is 16.6. The Labute approximate surface area is 72.8 Å². The Morgan fingerprint density at radius 1 is 1.42 bits per heavy atom. The van der Waals surface area contributed by atoms with Crippen LogP contribution in [0.15, 0.2) is 0 Å². The molecule has 1 N–H and O–H groups in total. The summed E-state index contributed by atoms with van der Waals surface area (Å²) in [4.78, 5) is 17.7. The van der Waals surface area contributed by atoms with Crippen molar-refractivity contribution in [1.82, 2.24) is 10.4 Å². The molecule has 0 saturated carbocycles. The van der Waals surface area contributed by atoms with Crippen LogP contribution in [0, 0.1) is 0 Å². The smallest absolute Gasteiger partial charge is 0.257 e. The van der Waals surface area contributed by atoms with Crippen molar-refractivity contribution in [1.29, 1.82) is 0 Å². The van der Waals surface area contributed by atoms with Gasteiger partial charge in [0, 0.05) is 0 Å². The Balaban J connectivity index is 2.15. The predicted octanol–water partition coefficient (Wildman–Crippen LogP) is 0.150. The molecule has 1 aliphatic heterocycles. The van der Waals surface area contributed by atoms with Crippen LogP contribution in [-0.2, 0) is 9.63 Å². The van der Waals surface area contributed by atoms with Crippen LogP contribution >= 0.6 is 0 Å². The lowest BCUT2D eigenvalue weighted by Crippen LogP contribution is -2.39. The minimum absolute atomic E-state index is 0.0561. The monoisotopic (exact) mass is 172 g/mol. The van der Waals surface area contributed by atoms with E-state index in [1.807, 2.05) is 0 Å². The molecule has 1 rings (SSSR count). The zero-order chi connectivity index (χ0) is 8.81. The highest BCUT2D eigenvalue weighted by Gasteiger charge is 2.12. The molecule has 0 atom stereocenters. The van der Waals surface area contributed by atoms with E-state index in [4.69, 9.17) is 0 Å². The van der Waals surface area contributed by atoms with E-state index in [0.29, 0.717) is 6.54 Å². The first kappa shape index (κ1) is 9.48. The number of carbonyl (C=O) groups excluding carboxylic acids is 1. The van der Waals surface area contributed by atoms with Crippen LogP contribution in [0.1, 0.15) is 19.3 Å². The van der Waals surface area contributed by atoms with Crippen LogP contribution in [0.2, 0.25) is 0 Å². The number of nitrogens with zero attached hydrogens (tertiary/aromatic N) is 1. The zero-order valence-electron chi connectivity index (χ0n) is 7.51. The van der Waals surface area contributed by atoms with E-state index in [1.165, 1.54) is 26.4 Å². The molecule has 0 bridgehead atoms. The first-order chi connectivity index (χ1) is 5.83. The number of likely N-dealkylation sites (tertiary alicyclic amines) is 1. The first-order valence-electron chi connectivity index (χ1n) is 4.37. The molecule has 4 nitrogen and oxygen atoms in total. The molecule has 70 valence electrons. The minimum atomic E-state index is -0.0561. The van der Waals surface area contributed by atoms with Crippen molar-refractivity contribution in [3.63, 3.8) is 0 Å². The topological polar surface area (TPSA) is 41.6 Å². The summed E-state index contributed by atoms with van der Waals surface area (Å²) in [7, 11) is 1.45. The van der Waals surface area contributed by atoms with Gasteiger partial charge in [-0.25, -0.2) is 5.48 Å². The number of hydrogen-bond donors (Lipinski definition) is 1. The zero-order valence-corrected chi connectivity index (χ0v) is 7.51. The van der Waals surface area contributed by atoms with Gasteiger partial charge in [-0.3, -0.25) is 14.5 Å². The molecule has 4 heteroatoms. The number of hydroxylamine groups is 1. The average Bonchev–Trinajstić information content (AvgIpc) is 2.06. The maximum absolute atomic E-state index is 11.0. The molecule has 1 saturated heterocycles. The van der Waals surface area contributed by atoms with E-state index in [9.17, 15) is 4.79 Å². The van der Waals surface area contributed by atoms with Crippen LogP contribution in [0.4, 0.5) is 0 Å². The molecule has 0 spiro atoms. The van der Waals surface area contributed by atoms with E-state index in [2.05, 4.69) is 15.2 Å². The number of rotatable bonds is 3. The third-order valence-electron chi connectivity index (χ3n) is 2.03. The van der Waals surface area contributed by atoms with Gasteiger partial charge in [-0.15, -0.1) is 0 Å². The molecule has 1 heterocycles. The number of piperidine rings is 1. The summed E-state index contributed by atoms with van der Waals surface area (Å²) in [6, 6.07) is 0. The van der Waals surface area contributed by atoms with Gasteiger partial charge in [0.25, 0.3) is 5.91 Å². The molecule has 0 radical (unpaired) electrons. The third kappa shape index (κ3) is 3.19. The Bertz CT molecular complexity index is 144. The molecule has 1 amide bonds. The molecule has 0 aromatic rings. The van der Waals surface area contributed by atoms with Crippen LogP contribution in [0.3, 0.4) is 0 Å². The fraction of sp³-hybridized carbons (Fsp3) is 0.875. The van der Waals surface area contributed by atoms with Gasteiger partial charge in [-0.1, -0.05) is 6.42 Å². The number of nitrogens with one attached hydrogen (secondary N) is 1. The van der Waals surface area contributed by atoms with Crippen LogP contribution < -0.4 is 5.48 Å². The fourth-order valence-corrected chi connectivity index (χ4v) is 1.47.